The normalized spacial score (nSPS) is 19.7. The molecule has 0 aromatic heterocycles. The Morgan fingerprint density at radius 1 is 1.14 bits per heavy atom. The molecule has 1 heterocycles. The third-order valence-corrected chi connectivity index (χ3v) is 4.73. The molecule has 2 unspecified atom stereocenters. The maximum absolute atomic E-state index is 9.74. The molecule has 3 rings (SSSR count). The van der Waals surface area contributed by atoms with Gasteiger partial charge < -0.3 is 4.90 Å². The van der Waals surface area contributed by atoms with Crippen molar-refractivity contribution in [1.29, 1.82) is 5.26 Å². The number of likely N-dealkylation sites (N-methyl/N-ethyl adjacent to an activating group) is 1. The second-order valence-electron chi connectivity index (χ2n) is 5.98. The summed E-state index contributed by atoms with van der Waals surface area (Å²) in [6.07, 6.45) is 1.19. The number of nitrogens with zero attached hydrogens (tertiary/aromatic N) is 2. The number of likely N-dealkylation sites (tertiary alicyclic amines) is 1. The summed E-state index contributed by atoms with van der Waals surface area (Å²) in [4.78, 5) is 2.49. The summed E-state index contributed by atoms with van der Waals surface area (Å²) in [6, 6.07) is 21.1. The molecule has 2 aromatic carbocycles. The van der Waals surface area contributed by atoms with Crippen molar-refractivity contribution in [1.82, 2.24) is 4.90 Å². The van der Waals surface area contributed by atoms with Gasteiger partial charge in [-0.15, -0.1) is 0 Å². The third-order valence-electron chi connectivity index (χ3n) is 4.73. The summed E-state index contributed by atoms with van der Waals surface area (Å²) in [5.41, 5.74) is 3.62. The van der Waals surface area contributed by atoms with Crippen molar-refractivity contribution in [2.45, 2.75) is 25.2 Å². The van der Waals surface area contributed by atoms with Gasteiger partial charge in [-0.1, -0.05) is 61.5 Å². The highest BCUT2D eigenvalue weighted by Crippen LogP contribution is 2.35. The Kier molecular flexibility index (Phi) is 4.56. The lowest BCUT2D eigenvalue weighted by Gasteiger charge is -2.20. The van der Waals surface area contributed by atoms with E-state index < -0.39 is 0 Å². The van der Waals surface area contributed by atoms with E-state index in [0.29, 0.717) is 5.92 Å². The summed E-state index contributed by atoms with van der Waals surface area (Å²) in [5.74, 6) is 0.379. The molecule has 1 aliphatic heterocycles. The zero-order chi connectivity index (χ0) is 15.4. The van der Waals surface area contributed by atoms with Crippen molar-refractivity contribution in [3.05, 3.63) is 71.3 Å². The Balaban J connectivity index is 1.96. The molecular formula is C20H22N2. The van der Waals surface area contributed by atoms with Crippen LogP contribution in [0.15, 0.2) is 54.6 Å². The zero-order valence-electron chi connectivity index (χ0n) is 13.1. The summed E-state index contributed by atoms with van der Waals surface area (Å²) in [7, 11) is 0. The van der Waals surface area contributed by atoms with Crippen molar-refractivity contribution in [3.63, 3.8) is 0 Å². The Bertz CT molecular complexity index is 657. The van der Waals surface area contributed by atoms with E-state index >= 15 is 0 Å². The third kappa shape index (κ3) is 2.91. The summed E-state index contributed by atoms with van der Waals surface area (Å²) in [6.45, 7) is 5.61. The van der Waals surface area contributed by atoms with Crippen LogP contribution >= 0.6 is 0 Å². The summed E-state index contributed by atoms with van der Waals surface area (Å²) in [5, 5.41) is 9.74. The van der Waals surface area contributed by atoms with Gasteiger partial charge in [0.05, 0.1) is 12.0 Å². The first-order chi connectivity index (χ1) is 10.8. The van der Waals surface area contributed by atoms with Crippen LogP contribution in [0.3, 0.4) is 0 Å². The molecule has 0 bridgehead atoms. The molecule has 0 amide bonds. The highest BCUT2D eigenvalue weighted by atomic mass is 15.1. The first-order valence-electron chi connectivity index (χ1n) is 8.09. The number of rotatable bonds is 4. The van der Waals surface area contributed by atoms with Gasteiger partial charge >= 0.3 is 0 Å². The van der Waals surface area contributed by atoms with Crippen LogP contribution in [0.2, 0.25) is 0 Å². The average Bonchev–Trinajstić information content (AvgIpc) is 3.06. The van der Waals surface area contributed by atoms with E-state index in [1.54, 1.807) is 0 Å². The molecule has 1 saturated heterocycles. The molecule has 2 atom stereocenters. The molecule has 0 N–H and O–H groups in total. The lowest BCUT2D eigenvalue weighted by Crippen LogP contribution is -2.19. The van der Waals surface area contributed by atoms with Gasteiger partial charge in [0.1, 0.15) is 0 Å². The molecule has 0 spiro atoms. The van der Waals surface area contributed by atoms with Crippen LogP contribution in [-0.4, -0.2) is 24.5 Å². The van der Waals surface area contributed by atoms with E-state index in [1.165, 1.54) is 17.5 Å². The minimum absolute atomic E-state index is 0.173. The predicted octanol–water partition coefficient (Wildman–Crippen LogP) is 4.15. The molecule has 2 aromatic rings. The van der Waals surface area contributed by atoms with E-state index in [-0.39, 0.29) is 5.92 Å². The molecule has 0 saturated carbocycles. The van der Waals surface area contributed by atoms with E-state index in [9.17, 15) is 5.26 Å². The molecule has 22 heavy (non-hydrogen) atoms. The quantitative estimate of drug-likeness (QED) is 0.845. The number of hydrogen-bond donors (Lipinski definition) is 0. The largest absolute Gasteiger partial charge is 0.303 e. The van der Waals surface area contributed by atoms with E-state index in [1.807, 2.05) is 18.2 Å². The first kappa shape index (κ1) is 14.8. The second kappa shape index (κ2) is 6.77. The lowest BCUT2D eigenvalue weighted by molar-refractivity contribution is 0.354. The molecule has 1 fully saturated rings. The fraction of sp³-hybridized carbons (Fsp3) is 0.350. The van der Waals surface area contributed by atoms with Gasteiger partial charge in [0.2, 0.25) is 0 Å². The zero-order valence-corrected chi connectivity index (χ0v) is 13.1. The van der Waals surface area contributed by atoms with Gasteiger partial charge in [0.25, 0.3) is 0 Å². The molecule has 1 aliphatic rings. The molecule has 2 heteroatoms. The van der Waals surface area contributed by atoms with Crippen LogP contribution in [0.5, 0.6) is 0 Å². The Morgan fingerprint density at radius 3 is 2.55 bits per heavy atom. The fourth-order valence-electron chi connectivity index (χ4n) is 3.49. The second-order valence-corrected chi connectivity index (χ2v) is 5.98. The Morgan fingerprint density at radius 2 is 1.86 bits per heavy atom. The van der Waals surface area contributed by atoms with Gasteiger partial charge in [0, 0.05) is 6.54 Å². The minimum Gasteiger partial charge on any atom is -0.303 e. The lowest BCUT2D eigenvalue weighted by atomic mass is 9.84. The summed E-state index contributed by atoms with van der Waals surface area (Å²) < 4.78 is 0. The highest BCUT2D eigenvalue weighted by Gasteiger charge is 2.27. The van der Waals surface area contributed by atoms with Gasteiger partial charge in [-0.2, -0.15) is 5.26 Å². The predicted molar refractivity (Wildman–Crippen MR) is 89.8 cm³/mol. The maximum atomic E-state index is 9.74. The molecule has 0 aliphatic carbocycles. The average molecular weight is 290 g/mol. The van der Waals surface area contributed by atoms with Crippen LogP contribution in [0.25, 0.3) is 0 Å². The fourth-order valence-corrected chi connectivity index (χ4v) is 3.49. The van der Waals surface area contributed by atoms with E-state index in [0.717, 1.165) is 25.2 Å². The minimum atomic E-state index is -0.173. The molecule has 112 valence electrons. The van der Waals surface area contributed by atoms with Crippen molar-refractivity contribution in [3.8, 4) is 6.07 Å². The number of benzene rings is 2. The van der Waals surface area contributed by atoms with Gasteiger partial charge in [-0.25, -0.2) is 0 Å². The van der Waals surface area contributed by atoms with Crippen LogP contribution in [-0.2, 0) is 0 Å². The topological polar surface area (TPSA) is 27.0 Å². The van der Waals surface area contributed by atoms with Crippen LogP contribution in [0, 0.1) is 11.3 Å². The molecule has 2 nitrogen and oxygen atoms in total. The van der Waals surface area contributed by atoms with Crippen molar-refractivity contribution >= 4 is 0 Å². The summed E-state index contributed by atoms with van der Waals surface area (Å²) >= 11 is 0. The Hall–Kier alpha value is -2.11. The number of nitriles is 1. The molecule has 0 radical (unpaired) electrons. The molecular weight excluding hydrogens is 268 g/mol. The van der Waals surface area contributed by atoms with E-state index in [2.05, 4.69) is 54.3 Å². The monoisotopic (exact) mass is 290 g/mol. The van der Waals surface area contributed by atoms with E-state index in [4.69, 9.17) is 0 Å². The van der Waals surface area contributed by atoms with Crippen molar-refractivity contribution in [2.75, 3.05) is 19.6 Å². The Labute approximate surface area is 133 Å². The SMILES string of the molecule is CCN1CCC(c2ccccc2C(C#N)c2ccccc2)C1. The van der Waals surface area contributed by atoms with Crippen molar-refractivity contribution in [2.24, 2.45) is 0 Å². The first-order valence-corrected chi connectivity index (χ1v) is 8.09. The standard InChI is InChI=1S/C20H22N2/c1-2-22-13-12-17(15-22)18-10-6-7-11-19(18)20(14-21)16-8-4-3-5-9-16/h3-11,17,20H,2,12-13,15H2,1H3. The van der Waals surface area contributed by atoms with Crippen LogP contribution in [0.1, 0.15) is 41.9 Å². The van der Waals surface area contributed by atoms with Crippen LogP contribution < -0.4 is 0 Å². The van der Waals surface area contributed by atoms with Gasteiger partial charge in [-0.05, 0) is 42.1 Å². The smallest absolute Gasteiger partial charge is 0.0965 e. The highest BCUT2D eigenvalue weighted by molar-refractivity contribution is 5.44. The number of hydrogen-bond acceptors (Lipinski definition) is 2. The maximum Gasteiger partial charge on any atom is 0.0965 e. The van der Waals surface area contributed by atoms with Crippen LogP contribution in [0.4, 0.5) is 0 Å². The van der Waals surface area contributed by atoms with Gasteiger partial charge in [0.15, 0.2) is 0 Å². The van der Waals surface area contributed by atoms with Gasteiger partial charge in [-0.3, -0.25) is 0 Å². The van der Waals surface area contributed by atoms with Crippen molar-refractivity contribution < 1.29 is 0 Å².